The smallest absolute Gasteiger partial charge is 0.143 e. The van der Waals surface area contributed by atoms with Crippen molar-refractivity contribution in [2.45, 2.75) is 19.3 Å². The van der Waals surface area contributed by atoms with Gasteiger partial charge in [0.25, 0.3) is 0 Å². The molecule has 0 aliphatic carbocycles. The number of fused-ring (bicyclic) bond motifs is 9. The van der Waals surface area contributed by atoms with Gasteiger partial charge in [0.2, 0.25) is 0 Å². The Morgan fingerprint density at radius 2 is 1.06 bits per heavy atom. The highest BCUT2D eigenvalue weighted by Crippen LogP contribution is 2.53. The van der Waals surface area contributed by atoms with Crippen molar-refractivity contribution in [2.75, 3.05) is 4.90 Å². The maximum Gasteiger partial charge on any atom is 0.143 e. The molecule has 0 bridgehead atoms. The van der Waals surface area contributed by atoms with E-state index in [1.807, 2.05) is 24.3 Å². The second kappa shape index (κ2) is 10.4. The predicted octanol–water partition coefficient (Wildman–Crippen LogP) is 13.1. The van der Waals surface area contributed by atoms with E-state index in [-0.39, 0.29) is 5.41 Å². The molecule has 0 spiro atoms. The Morgan fingerprint density at radius 3 is 1.88 bits per heavy atom. The molecule has 1 aliphatic heterocycles. The lowest BCUT2D eigenvalue weighted by Crippen LogP contribution is -2.24. The molecular weight excluding hydrogens is 602 g/mol. The Kier molecular flexibility index (Phi) is 5.89. The highest BCUT2D eigenvalue weighted by atomic mass is 16.5. The SMILES string of the molecule is CC1(C)c2cc(-c3ccc(N(c4ccccc4)c4ccc5oc6ccccc6c5c4)cc3)ccc2Oc2c1ccc1oc3ccccc3c21. The summed E-state index contributed by atoms with van der Waals surface area (Å²) >= 11 is 0. The van der Waals surface area contributed by atoms with Gasteiger partial charge in [0.1, 0.15) is 33.8 Å². The standard InChI is InChI=1S/C45H31NO3/c1-45(2)36-22-25-42-43(34-13-7-9-15-39(34)48-42)44(36)49-41-23-18-29(26-37(41)45)28-16-19-31(20-17-28)46(30-10-4-3-5-11-30)32-21-24-40-35(27-32)33-12-6-8-14-38(33)47-40/h3-27H,1-2H3. The third-order valence-corrected chi connectivity index (χ3v) is 10.1. The maximum absolute atomic E-state index is 6.71. The first-order valence-electron chi connectivity index (χ1n) is 16.7. The summed E-state index contributed by atoms with van der Waals surface area (Å²) in [5.41, 5.74) is 11.1. The quantitative estimate of drug-likeness (QED) is 0.193. The summed E-state index contributed by atoms with van der Waals surface area (Å²) in [6, 6.07) is 53.0. The Morgan fingerprint density at radius 1 is 0.449 bits per heavy atom. The zero-order chi connectivity index (χ0) is 32.7. The summed E-state index contributed by atoms with van der Waals surface area (Å²) in [7, 11) is 0. The van der Waals surface area contributed by atoms with Crippen molar-refractivity contribution in [1.29, 1.82) is 0 Å². The molecular formula is C45H31NO3. The normalized spacial score (nSPS) is 13.4. The average Bonchev–Trinajstić information content (AvgIpc) is 3.71. The van der Waals surface area contributed by atoms with Gasteiger partial charge in [0.05, 0.1) is 5.39 Å². The minimum atomic E-state index is -0.272. The molecule has 3 heterocycles. The molecule has 9 aromatic rings. The van der Waals surface area contributed by atoms with Crippen LogP contribution in [0.5, 0.6) is 11.5 Å². The third kappa shape index (κ3) is 4.24. The van der Waals surface area contributed by atoms with E-state index >= 15 is 0 Å². The Balaban J connectivity index is 1.04. The molecule has 0 radical (unpaired) electrons. The molecule has 234 valence electrons. The van der Waals surface area contributed by atoms with Crippen LogP contribution in [0.1, 0.15) is 25.0 Å². The van der Waals surface area contributed by atoms with Gasteiger partial charge >= 0.3 is 0 Å². The van der Waals surface area contributed by atoms with Gasteiger partial charge in [-0.25, -0.2) is 0 Å². The number of ether oxygens (including phenoxy) is 1. The lowest BCUT2D eigenvalue weighted by molar-refractivity contribution is 0.423. The molecule has 0 fully saturated rings. The van der Waals surface area contributed by atoms with Gasteiger partial charge in [-0.15, -0.1) is 0 Å². The molecule has 0 N–H and O–H groups in total. The largest absolute Gasteiger partial charge is 0.456 e. The number of para-hydroxylation sites is 3. The van der Waals surface area contributed by atoms with Gasteiger partial charge in [-0.1, -0.05) is 92.7 Å². The van der Waals surface area contributed by atoms with Crippen LogP contribution < -0.4 is 9.64 Å². The lowest BCUT2D eigenvalue weighted by Gasteiger charge is -2.35. The summed E-state index contributed by atoms with van der Waals surface area (Å²) in [4.78, 5) is 2.30. The molecule has 1 aliphatic rings. The van der Waals surface area contributed by atoms with Crippen LogP contribution in [0.15, 0.2) is 160 Å². The number of hydrogen-bond acceptors (Lipinski definition) is 4. The van der Waals surface area contributed by atoms with Crippen molar-refractivity contribution < 1.29 is 13.6 Å². The van der Waals surface area contributed by atoms with Crippen LogP contribution in [0.2, 0.25) is 0 Å². The number of hydrogen-bond donors (Lipinski definition) is 0. The van der Waals surface area contributed by atoms with Crippen molar-refractivity contribution >= 4 is 60.9 Å². The van der Waals surface area contributed by atoms with Crippen LogP contribution in [-0.4, -0.2) is 0 Å². The molecule has 49 heavy (non-hydrogen) atoms. The summed E-state index contributed by atoms with van der Waals surface area (Å²) < 4.78 is 19.0. The van der Waals surface area contributed by atoms with Crippen LogP contribution in [0.25, 0.3) is 55.0 Å². The number of furan rings is 2. The van der Waals surface area contributed by atoms with Crippen LogP contribution in [-0.2, 0) is 5.41 Å². The second-order valence-electron chi connectivity index (χ2n) is 13.3. The van der Waals surface area contributed by atoms with Crippen molar-refractivity contribution in [3.8, 4) is 22.6 Å². The van der Waals surface area contributed by atoms with Gasteiger partial charge in [-0.3, -0.25) is 0 Å². The molecule has 0 unspecified atom stereocenters. The summed E-state index contributed by atoms with van der Waals surface area (Å²) in [5, 5.41) is 4.34. The van der Waals surface area contributed by atoms with Gasteiger partial charge in [-0.05, 0) is 83.9 Å². The lowest BCUT2D eigenvalue weighted by atomic mass is 9.74. The average molecular weight is 634 g/mol. The maximum atomic E-state index is 6.71. The first-order valence-corrected chi connectivity index (χ1v) is 16.7. The number of benzene rings is 7. The fourth-order valence-electron chi connectivity index (χ4n) is 7.61. The van der Waals surface area contributed by atoms with Gasteiger partial charge in [0, 0.05) is 49.8 Å². The second-order valence-corrected chi connectivity index (χ2v) is 13.3. The van der Waals surface area contributed by atoms with Crippen molar-refractivity contribution in [3.05, 3.63) is 163 Å². The molecule has 2 aromatic heterocycles. The molecule has 7 aromatic carbocycles. The van der Waals surface area contributed by atoms with Gasteiger partial charge in [-0.2, -0.15) is 0 Å². The fraction of sp³-hybridized carbons (Fsp3) is 0.0667. The van der Waals surface area contributed by atoms with E-state index in [9.17, 15) is 0 Å². The fourth-order valence-corrected chi connectivity index (χ4v) is 7.61. The van der Waals surface area contributed by atoms with Gasteiger partial charge in [0.15, 0.2) is 0 Å². The van der Waals surface area contributed by atoms with Crippen molar-refractivity contribution in [3.63, 3.8) is 0 Å². The first-order chi connectivity index (χ1) is 24.0. The minimum Gasteiger partial charge on any atom is -0.456 e. The number of anilines is 3. The van der Waals surface area contributed by atoms with Gasteiger partial charge < -0.3 is 18.5 Å². The monoisotopic (exact) mass is 633 g/mol. The molecule has 4 nitrogen and oxygen atoms in total. The van der Waals surface area contributed by atoms with E-state index in [0.29, 0.717) is 0 Å². The first kappa shape index (κ1) is 27.8. The molecule has 0 saturated carbocycles. The Labute approximate surface area is 283 Å². The predicted molar refractivity (Wildman–Crippen MR) is 200 cm³/mol. The van der Waals surface area contributed by atoms with E-state index in [4.69, 9.17) is 13.6 Å². The number of nitrogens with zero attached hydrogens (tertiary/aromatic N) is 1. The molecule has 0 saturated heterocycles. The Hall–Kier alpha value is -6.26. The van der Waals surface area contributed by atoms with E-state index in [1.54, 1.807) is 0 Å². The summed E-state index contributed by atoms with van der Waals surface area (Å²) in [6.07, 6.45) is 0. The zero-order valence-electron chi connectivity index (χ0n) is 27.1. The summed E-state index contributed by atoms with van der Waals surface area (Å²) in [6.45, 7) is 4.57. The third-order valence-electron chi connectivity index (χ3n) is 10.1. The van der Waals surface area contributed by atoms with E-state index < -0.39 is 0 Å². The molecule has 0 amide bonds. The van der Waals surface area contributed by atoms with E-state index in [0.717, 1.165) is 89.1 Å². The Bertz CT molecular complexity index is 2720. The van der Waals surface area contributed by atoms with Crippen LogP contribution in [0, 0.1) is 0 Å². The highest BCUT2D eigenvalue weighted by Gasteiger charge is 2.36. The van der Waals surface area contributed by atoms with E-state index in [1.165, 1.54) is 5.56 Å². The van der Waals surface area contributed by atoms with E-state index in [2.05, 4.69) is 146 Å². The minimum absolute atomic E-state index is 0.272. The highest BCUT2D eigenvalue weighted by molar-refractivity contribution is 6.09. The molecule has 4 heteroatoms. The summed E-state index contributed by atoms with van der Waals surface area (Å²) in [5.74, 6) is 1.77. The van der Waals surface area contributed by atoms with Crippen LogP contribution in [0.4, 0.5) is 17.1 Å². The topological polar surface area (TPSA) is 38.8 Å². The van der Waals surface area contributed by atoms with Crippen LogP contribution in [0.3, 0.4) is 0 Å². The number of rotatable bonds is 4. The van der Waals surface area contributed by atoms with Crippen LogP contribution >= 0.6 is 0 Å². The molecule has 10 rings (SSSR count). The van der Waals surface area contributed by atoms with Crippen molar-refractivity contribution in [2.24, 2.45) is 0 Å². The van der Waals surface area contributed by atoms with Crippen molar-refractivity contribution in [1.82, 2.24) is 0 Å². The molecule has 0 atom stereocenters. The zero-order valence-corrected chi connectivity index (χ0v) is 27.1.